The van der Waals surface area contributed by atoms with Gasteiger partial charge in [-0.1, -0.05) is 78.3 Å². The van der Waals surface area contributed by atoms with Crippen molar-refractivity contribution in [2.75, 3.05) is 0 Å². The highest BCUT2D eigenvalue weighted by Gasteiger charge is 2.51. The first-order chi connectivity index (χ1) is 17.8. The Kier molecular flexibility index (Phi) is 6.91. The van der Waals surface area contributed by atoms with E-state index in [-0.39, 0.29) is 11.7 Å². The summed E-state index contributed by atoms with van der Waals surface area (Å²) in [4.78, 5) is 11.6. The summed E-state index contributed by atoms with van der Waals surface area (Å²) >= 11 is 6.20. The predicted molar refractivity (Wildman–Crippen MR) is 143 cm³/mol. The van der Waals surface area contributed by atoms with E-state index in [0.717, 1.165) is 52.1 Å². The molecule has 0 amide bonds. The van der Waals surface area contributed by atoms with Gasteiger partial charge in [0.2, 0.25) is 0 Å². The standard InChI is InChI=1S/C31H29ClFNO3/c1-19(6-15-25-27(32)4-3-5-28(25)33)18-26-20(2)34-37-29(26)23-9-7-21(8-10-23)22-11-13-24(14-12-22)31(16-17-31)30(35)36/h3-5,7-14,19H,6,15-18H2,1-2H3,(H,35,36). The largest absolute Gasteiger partial charge is 0.481 e. The van der Waals surface area contributed by atoms with E-state index in [4.69, 9.17) is 16.1 Å². The highest BCUT2D eigenvalue weighted by atomic mass is 35.5. The van der Waals surface area contributed by atoms with Crippen LogP contribution in [-0.2, 0) is 23.1 Å². The number of carbonyl (C=O) groups is 1. The molecule has 0 radical (unpaired) electrons. The van der Waals surface area contributed by atoms with Crippen LogP contribution in [0.2, 0.25) is 5.02 Å². The molecule has 1 aliphatic carbocycles. The van der Waals surface area contributed by atoms with Gasteiger partial charge in [-0.05, 0) is 73.8 Å². The van der Waals surface area contributed by atoms with Gasteiger partial charge in [0, 0.05) is 21.7 Å². The van der Waals surface area contributed by atoms with Gasteiger partial charge in [-0.25, -0.2) is 4.39 Å². The second-order valence-corrected chi connectivity index (χ2v) is 10.6. The minimum atomic E-state index is -0.742. The molecule has 0 saturated heterocycles. The minimum Gasteiger partial charge on any atom is -0.481 e. The number of nitrogens with zero attached hydrogens (tertiary/aromatic N) is 1. The van der Waals surface area contributed by atoms with E-state index in [9.17, 15) is 14.3 Å². The molecular weight excluding hydrogens is 489 g/mol. The molecule has 190 valence electrons. The van der Waals surface area contributed by atoms with Gasteiger partial charge in [-0.3, -0.25) is 4.79 Å². The summed E-state index contributed by atoms with van der Waals surface area (Å²) in [5.74, 6) is 0.0384. The molecule has 1 N–H and O–H groups in total. The van der Waals surface area contributed by atoms with Gasteiger partial charge in [0.1, 0.15) is 5.82 Å². The second-order valence-electron chi connectivity index (χ2n) is 10.2. The van der Waals surface area contributed by atoms with Crippen molar-refractivity contribution in [2.45, 2.75) is 51.4 Å². The molecule has 0 aliphatic heterocycles. The SMILES string of the molecule is Cc1noc(-c2ccc(-c3ccc(C4(C(=O)O)CC4)cc3)cc2)c1CC(C)CCc1c(F)cccc1Cl. The Morgan fingerprint density at radius 1 is 1.03 bits per heavy atom. The lowest BCUT2D eigenvalue weighted by atomic mass is 9.91. The molecule has 1 fully saturated rings. The summed E-state index contributed by atoms with van der Waals surface area (Å²) in [5, 5.41) is 14.2. The Morgan fingerprint density at radius 2 is 1.65 bits per heavy atom. The van der Waals surface area contributed by atoms with Crippen molar-refractivity contribution < 1.29 is 18.8 Å². The summed E-state index contributed by atoms with van der Waals surface area (Å²) in [6.07, 6.45) is 3.54. The van der Waals surface area contributed by atoms with Crippen molar-refractivity contribution in [3.8, 4) is 22.5 Å². The number of aliphatic carboxylic acids is 1. The van der Waals surface area contributed by atoms with Crippen LogP contribution in [0.3, 0.4) is 0 Å². The van der Waals surface area contributed by atoms with E-state index in [1.807, 2.05) is 55.5 Å². The topological polar surface area (TPSA) is 63.3 Å². The summed E-state index contributed by atoms with van der Waals surface area (Å²) in [6.45, 7) is 4.09. The number of halogens is 2. The fourth-order valence-corrected chi connectivity index (χ4v) is 5.27. The summed E-state index contributed by atoms with van der Waals surface area (Å²) in [7, 11) is 0. The maximum Gasteiger partial charge on any atom is 0.314 e. The van der Waals surface area contributed by atoms with Crippen LogP contribution in [-0.4, -0.2) is 16.2 Å². The monoisotopic (exact) mass is 517 g/mol. The number of carboxylic acid groups (broad SMARTS) is 1. The molecule has 1 aromatic heterocycles. The number of aromatic nitrogens is 1. The summed E-state index contributed by atoms with van der Waals surface area (Å²) in [6, 6.07) is 20.8. The molecule has 1 saturated carbocycles. The zero-order valence-electron chi connectivity index (χ0n) is 20.9. The molecular formula is C31H29ClFNO3. The van der Waals surface area contributed by atoms with E-state index in [1.165, 1.54) is 6.07 Å². The van der Waals surface area contributed by atoms with Crippen LogP contribution in [0.25, 0.3) is 22.5 Å². The molecule has 4 nitrogen and oxygen atoms in total. The molecule has 0 bridgehead atoms. The van der Waals surface area contributed by atoms with E-state index in [1.54, 1.807) is 12.1 Å². The smallest absolute Gasteiger partial charge is 0.314 e. The normalized spacial score (nSPS) is 14.9. The molecule has 4 aromatic rings. The van der Waals surface area contributed by atoms with E-state index < -0.39 is 11.4 Å². The van der Waals surface area contributed by atoms with Crippen LogP contribution in [0.4, 0.5) is 4.39 Å². The quantitative estimate of drug-likeness (QED) is 0.244. The van der Waals surface area contributed by atoms with Crippen molar-refractivity contribution in [1.82, 2.24) is 5.16 Å². The van der Waals surface area contributed by atoms with Crippen molar-refractivity contribution in [2.24, 2.45) is 5.92 Å². The lowest BCUT2D eigenvalue weighted by Crippen LogP contribution is -2.19. The Hall–Kier alpha value is -3.44. The Balaban J connectivity index is 1.29. The third-order valence-corrected chi connectivity index (χ3v) is 7.92. The highest BCUT2D eigenvalue weighted by Crippen LogP contribution is 2.48. The van der Waals surface area contributed by atoms with Gasteiger partial charge in [-0.2, -0.15) is 0 Å². The number of benzene rings is 3. The number of hydrogen-bond donors (Lipinski definition) is 1. The Labute approximate surface area is 221 Å². The van der Waals surface area contributed by atoms with Gasteiger partial charge in [-0.15, -0.1) is 0 Å². The van der Waals surface area contributed by atoms with Crippen molar-refractivity contribution in [3.63, 3.8) is 0 Å². The van der Waals surface area contributed by atoms with Gasteiger partial charge in [0.25, 0.3) is 0 Å². The highest BCUT2D eigenvalue weighted by molar-refractivity contribution is 6.31. The Bertz CT molecular complexity index is 1400. The minimum absolute atomic E-state index is 0.259. The molecule has 5 rings (SSSR count). The first kappa shape index (κ1) is 25.2. The maximum atomic E-state index is 14.2. The third kappa shape index (κ3) is 5.05. The molecule has 0 spiro atoms. The average Bonchev–Trinajstić information content (AvgIpc) is 3.63. The van der Waals surface area contributed by atoms with Crippen LogP contribution in [0.5, 0.6) is 0 Å². The summed E-state index contributed by atoms with van der Waals surface area (Å²) < 4.78 is 19.9. The molecule has 6 heteroatoms. The summed E-state index contributed by atoms with van der Waals surface area (Å²) in [5.41, 5.74) is 5.69. The van der Waals surface area contributed by atoms with Crippen LogP contribution in [0.15, 0.2) is 71.3 Å². The number of hydrogen-bond acceptors (Lipinski definition) is 3. The van der Waals surface area contributed by atoms with Crippen LogP contribution >= 0.6 is 11.6 Å². The van der Waals surface area contributed by atoms with Gasteiger partial charge in [0.05, 0.1) is 11.1 Å². The predicted octanol–water partition coefficient (Wildman–Crippen LogP) is 8.04. The lowest BCUT2D eigenvalue weighted by Gasteiger charge is -2.13. The molecule has 37 heavy (non-hydrogen) atoms. The molecule has 1 atom stereocenters. The molecule has 1 aliphatic rings. The number of rotatable bonds is 9. The van der Waals surface area contributed by atoms with Gasteiger partial charge in [0.15, 0.2) is 5.76 Å². The zero-order chi connectivity index (χ0) is 26.2. The molecule has 1 heterocycles. The fourth-order valence-electron chi connectivity index (χ4n) is 5.02. The first-order valence-corrected chi connectivity index (χ1v) is 13.0. The number of aryl methyl sites for hydroxylation is 1. The van der Waals surface area contributed by atoms with Gasteiger partial charge >= 0.3 is 5.97 Å². The number of carboxylic acids is 1. The first-order valence-electron chi connectivity index (χ1n) is 12.6. The second kappa shape index (κ2) is 10.1. The fraction of sp³-hybridized carbons (Fsp3) is 0.290. The van der Waals surface area contributed by atoms with Crippen LogP contribution in [0, 0.1) is 18.7 Å². The average molecular weight is 518 g/mol. The van der Waals surface area contributed by atoms with Crippen molar-refractivity contribution in [1.29, 1.82) is 0 Å². The van der Waals surface area contributed by atoms with E-state index in [0.29, 0.717) is 29.8 Å². The molecule has 1 unspecified atom stereocenters. The lowest BCUT2D eigenvalue weighted by molar-refractivity contribution is -0.140. The maximum absolute atomic E-state index is 14.2. The van der Waals surface area contributed by atoms with Crippen LogP contribution < -0.4 is 0 Å². The Morgan fingerprint density at radius 3 is 2.24 bits per heavy atom. The van der Waals surface area contributed by atoms with Crippen LogP contribution in [0.1, 0.15) is 48.6 Å². The zero-order valence-corrected chi connectivity index (χ0v) is 21.7. The van der Waals surface area contributed by atoms with E-state index in [2.05, 4.69) is 12.1 Å². The van der Waals surface area contributed by atoms with Gasteiger partial charge < -0.3 is 9.63 Å². The van der Waals surface area contributed by atoms with Crippen molar-refractivity contribution >= 4 is 17.6 Å². The van der Waals surface area contributed by atoms with E-state index >= 15 is 0 Å². The third-order valence-electron chi connectivity index (χ3n) is 7.56. The molecule has 3 aromatic carbocycles. The van der Waals surface area contributed by atoms with Crippen molar-refractivity contribution in [3.05, 3.63) is 100.0 Å².